The summed E-state index contributed by atoms with van der Waals surface area (Å²) in [4.78, 5) is 7.23. The minimum Gasteiger partial charge on any atom is -0.494 e. The van der Waals surface area contributed by atoms with Crippen LogP contribution in [-0.2, 0) is 5.41 Å². The van der Waals surface area contributed by atoms with E-state index in [-0.39, 0.29) is 5.41 Å². The highest BCUT2D eigenvalue weighted by atomic mass is 16.5. The second kappa shape index (κ2) is 6.05. The summed E-state index contributed by atoms with van der Waals surface area (Å²) in [7, 11) is 5.83. The molecule has 1 N–H and O–H groups in total. The van der Waals surface area contributed by atoms with Crippen LogP contribution < -0.4 is 10.1 Å². The van der Waals surface area contributed by atoms with Crippen molar-refractivity contribution in [1.82, 2.24) is 25.2 Å². The fourth-order valence-corrected chi connectivity index (χ4v) is 4.89. The van der Waals surface area contributed by atoms with Crippen LogP contribution in [0.25, 0.3) is 5.69 Å². The van der Waals surface area contributed by atoms with E-state index in [0.717, 1.165) is 54.5 Å². The van der Waals surface area contributed by atoms with E-state index in [9.17, 15) is 0 Å². The quantitative estimate of drug-likeness (QED) is 0.905. The molecule has 0 amide bonds. The summed E-state index contributed by atoms with van der Waals surface area (Å²) in [5.74, 6) is 1.90. The van der Waals surface area contributed by atoms with E-state index in [4.69, 9.17) is 9.73 Å². The van der Waals surface area contributed by atoms with E-state index in [0.29, 0.717) is 6.04 Å². The molecule has 3 aliphatic rings. The molecule has 1 aliphatic carbocycles. The first-order valence-corrected chi connectivity index (χ1v) is 9.78. The molecule has 1 spiro atoms. The van der Waals surface area contributed by atoms with Crippen molar-refractivity contribution in [3.8, 4) is 11.4 Å². The van der Waals surface area contributed by atoms with Crippen molar-refractivity contribution in [3.05, 3.63) is 29.6 Å². The molecule has 1 saturated carbocycles. The van der Waals surface area contributed by atoms with Crippen LogP contribution in [-0.4, -0.2) is 53.5 Å². The third-order valence-electron chi connectivity index (χ3n) is 6.56. The fraction of sp³-hybridized carbons (Fsp3) is 0.550. The van der Waals surface area contributed by atoms with Crippen molar-refractivity contribution < 1.29 is 4.74 Å². The van der Waals surface area contributed by atoms with Gasteiger partial charge in [0.25, 0.3) is 0 Å². The number of amidine groups is 1. The molecule has 27 heavy (non-hydrogen) atoms. The van der Waals surface area contributed by atoms with Gasteiger partial charge in [0.05, 0.1) is 30.5 Å². The van der Waals surface area contributed by atoms with Crippen molar-refractivity contribution in [1.29, 1.82) is 0 Å². The highest BCUT2D eigenvalue weighted by Gasteiger charge is 2.48. The second-order valence-electron chi connectivity index (χ2n) is 7.91. The number of hydrogen-bond donors (Lipinski definition) is 1. The summed E-state index contributed by atoms with van der Waals surface area (Å²) < 4.78 is 7.58. The van der Waals surface area contributed by atoms with Gasteiger partial charge in [-0.3, -0.25) is 4.90 Å². The van der Waals surface area contributed by atoms with Gasteiger partial charge in [0.1, 0.15) is 23.0 Å². The molecule has 1 unspecified atom stereocenters. The lowest BCUT2D eigenvalue weighted by Gasteiger charge is -2.40. The number of fused-ring (bicyclic) bond motifs is 2. The number of likely N-dealkylation sites (tertiary alicyclic amines) is 1. The molecule has 0 bridgehead atoms. The topological polar surface area (TPSA) is 67.6 Å². The zero-order chi connectivity index (χ0) is 18.6. The molecule has 0 radical (unpaired) electrons. The Kier molecular flexibility index (Phi) is 3.75. The van der Waals surface area contributed by atoms with Crippen LogP contribution in [0.15, 0.2) is 23.3 Å². The third kappa shape index (κ3) is 2.34. The molecule has 3 heterocycles. The van der Waals surface area contributed by atoms with Gasteiger partial charge in [-0.05, 0) is 57.0 Å². The lowest BCUT2D eigenvalue weighted by molar-refractivity contribution is 0.311. The van der Waals surface area contributed by atoms with Crippen molar-refractivity contribution in [2.24, 2.45) is 4.99 Å². The van der Waals surface area contributed by atoms with Crippen LogP contribution >= 0.6 is 0 Å². The fourth-order valence-electron chi connectivity index (χ4n) is 4.89. The molecular formula is C20H26N6O. The maximum Gasteiger partial charge on any atom is 0.145 e. The molecule has 142 valence electrons. The lowest BCUT2D eigenvalue weighted by atomic mass is 9.64. The molecule has 1 saturated heterocycles. The van der Waals surface area contributed by atoms with Gasteiger partial charge in [-0.2, -0.15) is 0 Å². The Balaban J connectivity index is 1.56. The predicted octanol–water partition coefficient (Wildman–Crippen LogP) is 2.73. The zero-order valence-electron chi connectivity index (χ0n) is 16.2. The zero-order valence-corrected chi connectivity index (χ0v) is 16.2. The van der Waals surface area contributed by atoms with Gasteiger partial charge in [-0.15, -0.1) is 5.10 Å². The number of ether oxygens (including phenoxy) is 1. The van der Waals surface area contributed by atoms with E-state index in [2.05, 4.69) is 39.7 Å². The van der Waals surface area contributed by atoms with Crippen LogP contribution in [0.5, 0.6) is 5.75 Å². The minimum atomic E-state index is 0.0516. The summed E-state index contributed by atoms with van der Waals surface area (Å²) in [5, 5.41) is 12.2. The standard InChI is InChI=1S/C20H26N6O/c1-21-19-20(7-5-8-20)13-10-18(27-3)17(11-14(13)22-19)26-12-15(23-24-26)16-6-4-9-25(16)2/h10-12,16H,4-9H2,1-3H3,(H,21,22). The second-order valence-corrected chi connectivity index (χ2v) is 7.91. The maximum absolute atomic E-state index is 5.74. The van der Waals surface area contributed by atoms with Crippen LogP contribution in [0.4, 0.5) is 5.69 Å². The molecular weight excluding hydrogens is 340 g/mol. The van der Waals surface area contributed by atoms with Crippen LogP contribution in [0, 0.1) is 0 Å². The van der Waals surface area contributed by atoms with Crippen LogP contribution in [0.3, 0.4) is 0 Å². The summed E-state index contributed by atoms with van der Waals surface area (Å²) in [6.45, 7) is 1.11. The van der Waals surface area contributed by atoms with E-state index < -0.39 is 0 Å². The number of methoxy groups -OCH3 is 1. The average molecular weight is 366 g/mol. The van der Waals surface area contributed by atoms with E-state index in [1.165, 1.54) is 18.4 Å². The monoisotopic (exact) mass is 366 g/mol. The number of hydrogen-bond acceptors (Lipinski definition) is 6. The summed E-state index contributed by atoms with van der Waals surface area (Å²) in [5.41, 5.74) is 4.26. The molecule has 1 aromatic carbocycles. The first kappa shape index (κ1) is 16.7. The van der Waals surface area contributed by atoms with Crippen LogP contribution in [0.2, 0.25) is 0 Å². The number of aromatic nitrogens is 3. The average Bonchev–Trinajstić information content (AvgIpc) is 3.35. The van der Waals surface area contributed by atoms with Crippen molar-refractivity contribution in [3.63, 3.8) is 0 Å². The number of aliphatic imine (C=N–C) groups is 1. The number of rotatable bonds is 3. The van der Waals surface area contributed by atoms with Crippen molar-refractivity contribution in [2.45, 2.75) is 43.6 Å². The number of likely N-dealkylation sites (N-methyl/N-ethyl adjacent to an activating group) is 1. The smallest absolute Gasteiger partial charge is 0.145 e. The first-order valence-electron chi connectivity index (χ1n) is 9.78. The summed E-state index contributed by atoms with van der Waals surface area (Å²) in [6.07, 6.45) is 7.90. The largest absolute Gasteiger partial charge is 0.494 e. The molecule has 2 fully saturated rings. The Morgan fingerprint density at radius 3 is 2.74 bits per heavy atom. The van der Waals surface area contributed by atoms with Gasteiger partial charge in [0.2, 0.25) is 0 Å². The Bertz CT molecular complexity index is 913. The number of nitrogens with zero attached hydrogens (tertiary/aromatic N) is 5. The van der Waals surface area contributed by atoms with E-state index in [1.54, 1.807) is 7.11 Å². The minimum absolute atomic E-state index is 0.0516. The number of nitrogens with one attached hydrogen (secondary N) is 1. The molecule has 7 nitrogen and oxygen atoms in total. The van der Waals surface area contributed by atoms with Gasteiger partial charge >= 0.3 is 0 Å². The molecule has 1 atom stereocenters. The Morgan fingerprint density at radius 1 is 1.26 bits per heavy atom. The molecule has 5 rings (SSSR count). The summed E-state index contributed by atoms with van der Waals surface area (Å²) in [6, 6.07) is 4.60. The SMILES string of the molecule is CNC1=Nc2cc(-n3cc(C4CCCN4C)nn3)c(OC)cc2C12CCC2. The Labute approximate surface area is 159 Å². The Morgan fingerprint density at radius 2 is 2.11 bits per heavy atom. The predicted molar refractivity (Wildman–Crippen MR) is 104 cm³/mol. The molecule has 1 aromatic heterocycles. The normalized spacial score (nSPS) is 23.2. The van der Waals surface area contributed by atoms with Crippen LogP contribution in [0.1, 0.15) is 49.4 Å². The highest BCUT2D eigenvalue weighted by Crippen LogP contribution is 2.53. The molecule has 2 aliphatic heterocycles. The molecule has 2 aromatic rings. The highest BCUT2D eigenvalue weighted by molar-refractivity contribution is 6.01. The first-order chi connectivity index (χ1) is 13.2. The Hall–Kier alpha value is -2.41. The van der Waals surface area contributed by atoms with Crippen molar-refractivity contribution >= 4 is 11.5 Å². The van der Waals surface area contributed by atoms with Gasteiger partial charge in [-0.25, -0.2) is 9.67 Å². The van der Waals surface area contributed by atoms with Gasteiger partial charge < -0.3 is 10.1 Å². The lowest BCUT2D eigenvalue weighted by Crippen LogP contribution is -2.45. The maximum atomic E-state index is 5.74. The van der Waals surface area contributed by atoms with Gasteiger partial charge in [0, 0.05) is 7.05 Å². The van der Waals surface area contributed by atoms with Gasteiger partial charge in [-0.1, -0.05) is 11.6 Å². The van der Waals surface area contributed by atoms with Crippen molar-refractivity contribution in [2.75, 3.05) is 27.7 Å². The third-order valence-corrected chi connectivity index (χ3v) is 6.56. The summed E-state index contributed by atoms with van der Waals surface area (Å²) >= 11 is 0. The number of benzene rings is 1. The molecule has 7 heteroatoms. The van der Waals surface area contributed by atoms with Gasteiger partial charge in [0.15, 0.2) is 0 Å². The van der Waals surface area contributed by atoms with E-state index >= 15 is 0 Å². The van der Waals surface area contributed by atoms with E-state index in [1.807, 2.05) is 17.9 Å².